The van der Waals surface area contributed by atoms with Crippen molar-refractivity contribution in [1.82, 2.24) is 14.6 Å². The number of rotatable bonds is 6. The highest BCUT2D eigenvalue weighted by Crippen LogP contribution is 2.37. The average molecular weight is 436 g/mol. The lowest BCUT2D eigenvalue weighted by Crippen LogP contribution is -2.15. The van der Waals surface area contributed by atoms with E-state index in [0.29, 0.717) is 35.1 Å². The van der Waals surface area contributed by atoms with Gasteiger partial charge < -0.3 is 5.32 Å². The predicted octanol–water partition coefficient (Wildman–Crippen LogP) is 4.76. The second-order valence-electron chi connectivity index (χ2n) is 6.21. The monoisotopic (exact) mass is 435 g/mol. The van der Waals surface area contributed by atoms with Crippen LogP contribution in [0, 0.1) is 25.2 Å². The molecule has 2 heterocycles. The maximum Gasteiger partial charge on any atom is 0.289 e. The van der Waals surface area contributed by atoms with Crippen LogP contribution in [0.25, 0.3) is 5.65 Å². The fourth-order valence-corrected chi connectivity index (χ4v) is 3.93. The number of fused-ring (bicyclic) bond motifs is 1. The number of hydrogen-bond donors (Lipinski definition) is 1. The lowest BCUT2D eigenvalue weighted by Gasteiger charge is -2.13. The van der Waals surface area contributed by atoms with Gasteiger partial charge in [-0.15, -0.1) is 0 Å². The van der Waals surface area contributed by atoms with E-state index in [1.54, 1.807) is 10.6 Å². The Morgan fingerprint density at radius 3 is 2.86 bits per heavy atom. The minimum absolute atomic E-state index is 0.118. The normalized spacial score (nSPS) is 11.1. The number of nitrogens with zero attached hydrogens (tertiary/aromatic N) is 4. The average Bonchev–Trinajstić information content (AvgIpc) is 3.07. The van der Waals surface area contributed by atoms with Gasteiger partial charge in [-0.3, -0.25) is 4.79 Å². The Morgan fingerprint density at radius 2 is 2.17 bits per heavy atom. The van der Waals surface area contributed by atoms with Gasteiger partial charge >= 0.3 is 0 Å². The van der Waals surface area contributed by atoms with Crippen molar-refractivity contribution in [2.75, 3.05) is 5.32 Å². The summed E-state index contributed by atoms with van der Waals surface area (Å²) < 4.78 is 27.2. The van der Waals surface area contributed by atoms with Gasteiger partial charge in [-0.1, -0.05) is 29.4 Å². The molecule has 0 radical (unpaired) electrons. The van der Waals surface area contributed by atoms with Crippen molar-refractivity contribution in [3.63, 3.8) is 0 Å². The number of carbonyl (C=O) groups excluding carboxylic acids is 1. The van der Waals surface area contributed by atoms with Gasteiger partial charge in [0.1, 0.15) is 11.6 Å². The van der Waals surface area contributed by atoms with E-state index in [0.717, 1.165) is 11.3 Å². The summed E-state index contributed by atoms with van der Waals surface area (Å²) in [6.07, 6.45) is 1.95. The van der Waals surface area contributed by atoms with Gasteiger partial charge in [-0.2, -0.15) is 19.1 Å². The molecule has 0 saturated carbocycles. The Hall–Kier alpha value is -2.70. The van der Waals surface area contributed by atoms with E-state index in [9.17, 15) is 13.6 Å². The van der Waals surface area contributed by atoms with Crippen LogP contribution >= 0.6 is 23.4 Å². The molecule has 0 aliphatic heterocycles. The van der Waals surface area contributed by atoms with E-state index >= 15 is 0 Å². The highest BCUT2D eigenvalue weighted by atomic mass is 35.5. The van der Waals surface area contributed by atoms with Crippen LogP contribution in [-0.4, -0.2) is 26.3 Å². The Balaban J connectivity index is 1.77. The fraction of sp³-hybridized carbons (Fsp3) is 0.263. The second-order valence-corrected chi connectivity index (χ2v) is 7.62. The predicted molar refractivity (Wildman–Crippen MR) is 107 cm³/mol. The third-order valence-electron chi connectivity index (χ3n) is 4.38. The number of amides is 1. The molecule has 10 heteroatoms. The topological polar surface area (TPSA) is 83.1 Å². The number of hydrogen-bond acceptors (Lipinski definition) is 5. The van der Waals surface area contributed by atoms with Crippen molar-refractivity contribution < 1.29 is 13.6 Å². The van der Waals surface area contributed by atoms with E-state index in [1.807, 2.05) is 19.9 Å². The van der Waals surface area contributed by atoms with Gasteiger partial charge in [-0.25, -0.2) is 9.50 Å². The molecule has 0 aliphatic rings. The molecular formula is C19H16ClF2N5OS. The van der Waals surface area contributed by atoms with E-state index in [2.05, 4.69) is 15.4 Å². The van der Waals surface area contributed by atoms with Crippen molar-refractivity contribution in [3.8, 4) is 6.07 Å². The number of thioether (sulfide) groups is 1. The molecule has 1 aromatic carbocycles. The van der Waals surface area contributed by atoms with Gasteiger partial charge in [0.2, 0.25) is 5.91 Å². The maximum atomic E-state index is 12.8. The number of halogens is 3. The molecule has 0 atom stereocenters. The van der Waals surface area contributed by atoms with Gasteiger partial charge in [0.15, 0.2) is 5.65 Å². The van der Waals surface area contributed by atoms with Crippen LogP contribution in [0.15, 0.2) is 29.3 Å². The third-order valence-corrected chi connectivity index (χ3v) is 5.66. The number of anilines is 1. The zero-order valence-electron chi connectivity index (χ0n) is 15.5. The quantitative estimate of drug-likeness (QED) is 0.564. The lowest BCUT2D eigenvalue weighted by molar-refractivity contribution is -0.116. The minimum atomic E-state index is -2.65. The molecule has 150 valence electrons. The van der Waals surface area contributed by atoms with Gasteiger partial charge in [0, 0.05) is 17.8 Å². The summed E-state index contributed by atoms with van der Waals surface area (Å²) in [5, 5.41) is 16.1. The summed E-state index contributed by atoms with van der Waals surface area (Å²) in [5.74, 6) is -2.98. The molecule has 0 aliphatic carbocycles. The smallest absolute Gasteiger partial charge is 0.289 e. The molecule has 0 unspecified atom stereocenters. The zero-order chi connectivity index (χ0) is 21.1. The van der Waals surface area contributed by atoms with E-state index in [4.69, 9.17) is 16.9 Å². The van der Waals surface area contributed by atoms with Crippen molar-refractivity contribution >= 4 is 40.6 Å². The summed E-state index contributed by atoms with van der Waals surface area (Å²) in [6, 6.07) is 6.66. The van der Waals surface area contributed by atoms with E-state index in [1.165, 1.54) is 18.3 Å². The summed E-state index contributed by atoms with van der Waals surface area (Å²) in [5.41, 5.74) is 3.44. The number of nitrogens with one attached hydrogen (secondary N) is 1. The first-order valence-electron chi connectivity index (χ1n) is 8.59. The van der Waals surface area contributed by atoms with Crippen LogP contribution in [0.4, 0.5) is 14.5 Å². The summed E-state index contributed by atoms with van der Waals surface area (Å²) >= 11 is 6.29. The van der Waals surface area contributed by atoms with E-state index < -0.39 is 5.76 Å². The molecule has 1 N–H and O–H groups in total. The number of benzene rings is 1. The first kappa shape index (κ1) is 21.0. The van der Waals surface area contributed by atoms with Crippen molar-refractivity contribution in [1.29, 1.82) is 5.26 Å². The van der Waals surface area contributed by atoms with Crippen LogP contribution in [0.3, 0.4) is 0 Å². The first-order chi connectivity index (χ1) is 13.8. The molecule has 2 aromatic heterocycles. The van der Waals surface area contributed by atoms with Gasteiger partial charge in [0.05, 0.1) is 21.8 Å². The largest absolute Gasteiger partial charge is 0.325 e. The van der Waals surface area contributed by atoms with Crippen LogP contribution < -0.4 is 5.32 Å². The third kappa shape index (κ3) is 4.49. The molecule has 0 fully saturated rings. The lowest BCUT2D eigenvalue weighted by atomic mass is 10.1. The number of alkyl halides is 2. The minimum Gasteiger partial charge on any atom is -0.325 e. The van der Waals surface area contributed by atoms with Crippen LogP contribution in [0.5, 0.6) is 0 Å². The molecular weight excluding hydrogens is 420 g/mol. The Kier molecular flexibility index (Phi) is 6.35. The van der Waals surface area contributed by atoms with E-state index in [-0.39, 0.29) is 27.9 Å². The number of aromatic nitrogens is 3. The fourth-order valence-electron chi connectivity index (χ4n) is 3.02. The zero-order valence-corrected chi connectivity index (χ0v) is 17.1. The Morgan fingerprint density at radius 1 is 1.41 bits per heavy atom. The number of nitriles is 1. The maximum absolute atomic E-state index is 12.8. The highest BCUT2D eigenvalue weighted by molar-refractivity contribution is 7.99. The first-order valence-corrected chi connectivity index (χ1v) is 9.84. The molecule has 3 aromatic rings. The molecule has 0 saturated heterocycles. The standard InChI is InChI=1S/C19H16ClF2N5OS/c1-10-13(11(2)27-18(25-10)12(8-23)9-24-27)6-7-16(28)26-15-5-3-4-14(20)17(15)29-19(21)22/h3-5,9,19H,6-7H2,1-2H3,(H,26,28). The summed E-state index contributed by atoms with van der Waals surface area (Å²) in [4.78, 5) is 17.0. The Bertz CT molecular complexity index is 1130. The molecule has 6 nitrogen and oxygen atoms in total. The molecule has 0 spiro atoms. The van der Waals surface area contributed by atoms with Gasteiger partial charge in [0.25, 0.3) is 5.76 Å². The Labute approximate surface area is 174 Å². The van der Waals surface area contributed by atoms with Crippen LogP contribution in [0.2, 0.25) is 5.02 Å². The summed E-state index contributed by atoms with van der Waals surface area (Å²) in [7, 11) is 0. The second kappa shape index (κ2) is 8.76. The summed E-state index contributed by atoms with van der Waals surface area (Å²) in [6.45, 7) is 3.65. The molecule has 0 bridgehead atoms. The SMILES string of the molecule is Cc1nc2c(C#N)cnn2c(C)c1CCC(=O)Nc1cccc(Cl)c1SC(F)F. The molecule has 29 heavy (non-hydrogen) atoms. The van der Waals surface area contributed by atoms with Crippen molar-refractivity contribution in [2.24, 2.45) is 0 Å². The van der Waals surface area contributed by atoms with Crippen molar-refractivity contribution in [2.45, 2.75) is 37.3 Å². The van der Waals surface area contributed by atoms with Gasteiger partial charge in [-0.05, 0) is 38.0 Å². The molecule has 1 amide bonds. The number of aryl methyl sites for hydroxylation is 2. The highest BCUT2D eigenvalue weighted by Gasteiger charge is 2.17. The molecule has 3 rings (SSSR count). The van der Waals surface area contributed by atoms with Crippen LogP contribution in [-0.2, 0) is 11.2 Å². The number of carbonyl (C=O) groups is 1. The van der Waals surface area contributed by atoms with Crippen molar-refractivity contribution in [3.05, 3.63) is 51.9 Å². The van der Waals surface area contributed by atoms with Crippen LogP contribution in [0.1, 0.15) is 28.9 Å².